The number of aromatic nitrogens is 1. The quantitative estimate of drug-likeness (QED) is 0.587. The van der Waals surface area contributed by atoms with Crippen LogP contribution in [-0.2, 0) is 10.6 Å². The number of halogens is 1. The maximum absolute atomic E-state index is 11.4. The average molecular weight is 230 g/mol. The van der Waals surface area contributed by atoms with Crippen molar-refractivity contribution in [3.05, 3.63) is 23.0 Å². The molecule has 0 radical (unpaired) electrons. The van der Waals surface area contributed by atoms with Gasteiger partial charge in [0.2, 0.25) is 0 Å². The minimum atomic E-state index is -0.469. The first kappa shape index (κ1) is 11.8. The molecule has 0 saturated carbocycles. The third kappa shape index (κ3) is 2.21. The summed E-state index contributed by atoms with van der Waals surface area (Å²) in [5.74, 6) is 0.278. The lowest BCUT2D eigenvalue weighted by molar-refractivity contribution is 0.0596. The van der Waals surface area contributed by atoms with Crippen molar-refractivity contribution in [3.63, 3.8) is 0 Å². The number of methoxy groups -OCH3 is 2. The van der Waals surface area contributed by atoms with Crippen LogP contribution in [0.1, 0.15) is 21.6 Å². The van der Waals surface area contributed by atoms with Crippen molar-refractivity contribution < 1.29 is 14.3 Å². The summed E-state index contributed by atoms with van der Waals surface area (Å²) >= 11 is 5.69. The number of carbonyl (C=O) groups is 1. The molecule has 0 aliphatic heterocycles. The van der Waals surface area contributed by atoms with Crippen molar-refractivity contribution in [2.24, 2.45) is 0 Å². The molecular formula is C10H12ClNO3. The Labute approximate surface area is 93.2 Å². The second kappa shape index (κ2) is 4.98. The molecule has 0 aromatic carbocycles. The van der Waals surface area contributed by atoms with E-state index in [-0.39, 0.29) is 5.88 Å². The zero-order valence-electron chi connectivity index (χ0n) is 8.83. The number of carbonyl (C=O) groups excluding carboxylic acids is 1. The molecule has 0 amide bonds. The van der Waals surface area contributed by atoms with Crippen molar-refractivity contribution in [2.75, 3.05) is 14.2 Å². The van der Waals surface area contributed by atoms with Gasteiger partial charge in [-0.05, 0) is 6.92 Å². The molecule has 0 aliphatic rings. The van der Waals surface area contributed by atoms with Crippen LogP contribution < -0.4 is 4.74 Å². The minimum Gasteiger partial charge on any atom is -0.495 e. The molecular weight excluding hydrogens is 218 g/mol. The van der Waals surface area contributed by atoms with E-state index in [2.05, 4.69) is 9.72 Å². The highest BCUT2D eigenvalue weighted by Crippen LogP contribution is 2.26. The Kier molecular flexibility index (Phi) is 3.91. The minimum absolute atomic E-state index is 0.281. The molecule has 82 valence electrons. The number of nitrogens with zero attached hydrogens (tertiary/aromatic N) is 1. The van der Waals surface area contributed by atoms with Gasteiger partial charge in [0.1, 0.15) is 11.3 Å². The van der Waals surface area contributed by atoms with Crippen LogP contribution in [0.3, 0.4) is 0 Å². The molecule has 1 aromatic rings. The van der Waals surface area contributed by atoms with Gasteiger partial charge >= 0.3 is 5.97 Å². The Morgan fingerprint density at radius 3 is 2.67 bits per heavy atom. The highest BCUT2D eigenvalue weighted by molar-refractivity contribution is 6.17. The van der Waals surface area contributed by atoms with E-state index >= 15 is 0 Å². The average Bonchev–Trinajstić information content (AvgIpc) is 2.27. The van der Waals surface area contributed by atoms with Crippen LogP contribution in [0, 0.1) is 6.92 Å². The van der Waals surface area contributed by atoms with Crippen LogP contribution in [0.2, 0.25) is 0 Å². The monoisotopic (exact) mass is 229 g/mol. The van der Waals surface area contributed by atoms with Crippen LogP contribution in [0.25, 0.3) is 0 Å². The fourth-order valence-corrected chi connectivity index (χ4v) is 1.55. The van der Waals surface area contributed by atoms with Crippen LogP contribution in [-0.4, -0.2) is 25.2 Å². The van der Waals surface area contributed by atoms with Gasteiger partial charge in [0.15, 0.2) is 0 Å². The lowest BCUT2D eigenvalue weighted by Crippen LogP contribution is -2.08. The van der Waals surface area contributed by atoms with E-state index in [0.29, 0.717) is 17.0 Å². The summed E-state index contributed by atoms with van der Waals surface area (Å²) in [5, 5.41) is 0. The largest absolute Gasteiger partial charge is 0.495 e. The van der Waals surface area contributed by atoms with Gasteiger partial charge in [0.05, 0.1) is 25.8 Å². The van der Waals surface area contributed by atoms with Crippen molar-refractivity contribution >= 4 is 17.6 Å². The molecule has 0 bridgehead atoms. The van der Waals surface area contributed by atoms with Gasteiger partial charge in [0.25, 0.3) is 0 Å². The van der Waals surface area contributed by atoms with E-state index in [1.807, 2.05) is 0 Å². The highest BCUT2D eigenvalue weighted by Gasteiger charge is 2.17. The highest BCUT2D eigenvalue weighted by atomic mass is 35.5. The molecule has 15 heavy (non-hydrogen) atoms. The predicted octanol–water partition coefficient (Wildman–Crippen LogP) is 1.92. The molecule has 0 saturated heterocycles. The molecule has 5 heteroatoms. The molecule has 0 unspecified atom stereocenters. The van der Waals surface area contributed by atoms with E-state index in [1.54, 1.807) is 6.92 Å². The Bertz CT molecular complexity index is 379. The lowest BCUT2D eigenvalue weighted by Gasteiger charge is -2.11. The summed E-state index contributed by atoms with van der Waals surface area (Å²) in [5.41, 5.74) is 1.77. The maximum Gasteiger partial charge on any atom is 0.343 e. The van der Waals surface area contributed by atoms with Crippen LogP contribution in [0.4, 0.5) is 0 Å². The Balaban J connectivity index is 3.30. The smallest absolute Gasteiger partial charge is 0.343 e. The van der Waals surface area contributed by atoms with E-state index in [4.69, 9.17) is 16.3 Å². The summed E-state index contributed by atoms with van der Waals surface area (Å²) in [7, 11) is 2.80. The van der Waals surface area contributed by atoms with Gasteiger partial charge in [0, 0.05) is 11.8 Å². The number of esters is 1. The maximum atomic E-state index is 11.4. The van der Waals surface area contributed by atoms with Crippen LogP contribution in [0.15, 0.2) is 6.20 Å². The van der Waals surface area contributed by atoms with Gasteiger partial charge < -0.3 is 9.47 Å². The van der Waals surface area contributed by atoms with Crippen molar-refractivity contribution in [1.29, 1.82) is 0 Å². The Hall–Kier alpha value is -1.29. The number of pyridine rings is 1. The van der Waals surface area contributed by atoms with Crippen LogP contribution in [0.5, 0.6) is 5.75 Å². The molecule has 4 nitrogen and oxygen atoms in total. The van der Waals surface area contributed by atoms with E-state index in [9.17, 15) is 4.79 Å². The lowest BCUT2D eigenvalue weighted by atomic mass is 10.1. The molecule has 0 atom stereocenters. The summed E-state index contributed by atoms with van der Waals surface area (Å²) in [6.45, 7) is 1.80. The van der Waals surface area contributed by atoms with Crippen molar-refractivity contribution in [1.82, 2.24) is 4.98 Å². The molecule has 0 aliphatic carbocycles. The van der Waals surface area contributed by atoms with Crippen molar-refractivity contribution in [2.45, 2.75) is 12.8 Å². The SMILES string of the molecule is COC(=O)c1cnc(CCl)c(C)c1OC. The third-order valence-electron chi connectivity index (χ3n) is 2.10. The summed E-state index contributed by atoms with van der Waals surface area (Å²) < 4.78 is 9.76. The summed E-state index contributed by atoms with van der Waals surface area (Å²) in [4.78, 5) is 15.4. The standard InChI is InChI=1S/C10H12ClNO3/c1-6-8(4-11)12-5-7(9(6)14-2)10(13)15-3/h5H,4H2,1-3H3. The van der Waals surface area contributed by atoms with Gasteiger partial charge in [-0.15, -0.1) is 11.6 Å². The number of ether oxygens (including phenoxy) is 2. The zero-order valence-corrected chi connectivity index (χ0v) is 9.59. The second-order valence-electron chi connectivity index (χ2n) is 2.90. The van der Waals surface area contributed by atoms with Crippen LogP contribution >= 0.6 is 11.6 Å². The number of rotatable bonds is 3. The first-order valence-electron chi connectivity index (χ1n) is 4.32. The summed E-state index contributed by atoms with van der Waals surface area (Å²) in [6, 6.07) is 0. The Morgan fingerprint density at radius 2 is 2.20 bits per heavy atom. The van der Waals surface area contributed by atoms with E-state index in [1.165, 1.54) is 20.4 Å². The molecule has 1 heterocycles. The molecule has 0 N–H and O–H groups in total. The zero-order chi connectivity index (χ0) is 11.4. The first-order valence-corrected chi connectivity index (χ1v) is 4.85. The topological polar surface area (TPSA) is 48.4 Å². The number of hydrogen-bond acceptors (Lipinski definition) is 4. The Morgan fingerprint density at radius 1 is 1.53 bits per heavy atom. The fourth-order valence-electron chi connectivity index (χ4n) is 1.28. The van der Waals surface area contributed by atoms with Gasteiger partial charge in [-0.25, -0.2) is 4.79 Å². The van der Waals surface area contributed by atoms with Gasteiger partial charge in [-0.3, -0.25) is 4.98 Å². The second-order valence-corrected chi connectivity index (χ2v) is 3.17. The first-order chi connectivity index (χ1) is 7.15. The van der Waals surface area contributed by atoms with Gasteiger partial charge in [-0.2, -0.15) is 0 Å². The van der Waals surface area contributed by atoms with Crippen molar-refractivity contribution in [3.8, 4) is 5.75 Å². The molecule has 0 spiro atoms. The third-order valence-corrected chi connectivity index (χ3v) is 2.36. The van der Waals surface area contributed by atoms with E-state index < -0.39 is 5.97 Å². The summed E-state index contributed by atoms with van der Waals surface area (Å²) in [6.07, 6.45) is 1.41. The molecule has 1 rings (SSSR count). The van der Waals surface area contributed by atoms with Gasteiger partial charge in [-0.1, -0.05) is 0 Å². The van der Waals surface area contributed by atoms with E-state index in [0.717, 1.165) is 5.56 Å². The number of alkyl halides is 1. The fraction of sp³-hybridized carbons (Fsp3) is 0.400. The molecule has 0 fully saturated rings. The normalized spacial score (nSPS) is 9.87. The number of hydrogen-bond donors (Lipinski definition) is 0. The predicted molar refractivity (Wildman–Crippen MR) is 56.4 cm³/mol. The molecule has 1 aromatic heterocycles.